The van der Waals surface area contributed by atoms with Crippen LogP contribution in [0.5, 0.6) is 17.2 Å². The van der Waals surface area contributed by atoms with Crippen LogP contribution in [0.1, 0.15) is 46.1 Å². The average Bonchev–Trinajstić information content (AvgIpc) is 2.75. The second kappa shape index (κ2) is 10.1. The molecule has 3 aromatic rings. The summed E-state index contributed by atoms with van der Waals surface area (Å²) in [5.41, 5.74) is 1.54. The van der Waals surface area contributed by atoms with Gasteiger partial charge in [0.15, 0.2) is 6.29 Å². The van der Waals surface area contributed by atoms with Crippen LogP contribution in [-0.2, 0) is 4.74 Å². The van der Waals surface area contributed by atoms with Crippen molar-refractivity contribution in [2.24, 2.45) is 5.41 Å². The highest BCUT2D eigenvalue weighted by Crippen LogP contribution is 2.35. The lowest BCUT2D eigenvalue weighted by Gasteiger charge is -2.27. The third-order valence-corrected chi connectivity index (χ3v) is 5.71. The predicted octanol–water partition coefficient (Wildman–Crippen LogP) is 6.82. The zero-order valence-corrected chi connectivity index (χ0v) is 19.5. The van der Waals surface area contributed by atoms with E-state index in [1.54, 1.807) is 7.11 Å². The first kappa shape index (κ1) is 23.0. The predicted molar refractivity (Wildman–Crippen MR) is 126 cm³/mol. The summed E-state index contributed by atoms with van der Waals surface area (Å²) in [7, 11) is 1.66. The summed E-state index contributed by atoms with van der Waals surface area (Å²) in [5.74, 6) is 2.84. The van der Waals surface area contributed by atoms with Crippen molar-refractivity contribution < 1.29 is 18.9 Å². The van der Waals surface area contributed by atoms with Gasteiger partial charge < -0.3 is 18.9 Å². The van der Waals surface area contributed by atoms with Crippen molar-refractivity contribution in [1.82, 2.24) is 0 Å². The van der Waals surface area contributed by atoms with E-state index in [4.69, 9.17) is 18.9 Å². The van der Waals surface area contributed by atoms with Gasteiger partial charge in [-0.1, -0.05) is 64.1 Å². The molecule has 0 saturated heterocycles. The lowest BCUT2D eigenvalue weighted by Crippen LogP contribution is -2.20. The molecule has 0 aliphatic rings. The minimum absolute atomic E-state index is 0.229. The molecule has 0 radical (unpaired) electrons. The van der Waals surface area contributed by atoms with Crippen molar-refractivity contribution in [1.29, 1.82) is 0 Å². The van der Waals surface area contributed by atoms with Crippen molar-refractivity contribution in [3.05, 3.63) is 66.2 Å². The van der Waals surface area contributed by atoms with Crippen LogP contribution in [0.4, 0.5) is 0 Å². The van der Waals surface area contributed by atoms with Gasteiger partial charge in [-0.05, 0) is 47.4 Å². The van der Waals surface area contributed by atoms with Gasteiger partial charge >= 0.3 is 0 Å². The lowest BCUT2D eigenvalue weighted by molar-refractivity contribution is -0.0738. The average molecular weight is 423 g/mol. The number of rotatable bonds is 9. The van der Waals surface area contributed by atoms with Crippen LogP contribution in [-0.4, -0.2) is 26.6 Å². The van der Waals surface area contributed by atoms with E-state index in [9.17, 15) is 0 Å². The monoisotopic (exact) mass is 422 g/mol. The standard InChI is InChI=1S/C27H34O4/c1-19(27(3,4)5)21-11-13-23(14-12-21)31-20(2)29-15-16-30-26-18-24(28-6)17-22-9-7-8-10-25(22)26/h7-14,17-20H,15-16H2,1-6H3. The molecule has 0 aromatic heterocycles. The highest BCUT2D eigenvalue weighted by Gasteiger charge is 2.21. The van der Waals surface area contributed by atoms with Crippen LogP contribution in [0.15, 0.2) is 60.7 Å². The Morgan fingerprint density at radius 1 is 0.839 bits per heavy atom. The summed E-state index contributed by atoms with van der Waals surface area (Å²) in [5, 5.41) is 2.14. The fourth-order valence-electron chi connectivity index (χ4n) is 3.41. The van der Waals surface area contributed by atoms with Gasteiger partial charge in [-0.2, -0.15) is 0 Å². The number of fused-ring (bicyclic) bond motifs is 1. The first-order valence-corrected chi connectivity index (χ1v) is 10.9. The van der Waals surface area contributed by atoms with E-state index in [0.717, 1.165) is 28.0 Å². The van der Waals surface area contributed by atoms with Crippen LogP contribution >= 0.6 is 0 Å². The molecule has 0 amide bonds. The summed E-state index contributed by atoms with van der Waals surface area (Å²) < 4.78 is 23.0. The zero-order valence-electron chi connectivity index (χ0n) is 19.5. The maximum atomic E-state index is 5.98. The highest BCUT2D eigenvalue weighted by molar-refractivity contribution is 5.89. The minimum atomic E-state index is -0.364. The molecule has 0 saturated carbocycles. The van der Waals surface area contributed by atoms with E-state index in [0.29, 0.717) is 19.1 Å². The van der Waals surface area contributed by atoms with Crippen molar-refractivity contribution in [3.63, 3.8) is 0 Å². The van der Waals surface area contributed by atoms with Gasteiger partial charge in [-0.3, -0.25) is 0 Å². The van der Waals surface area contributed by atoms with Crippen molar-refractivity contribution in [3.8, 4) is 17.2 Å². The lowest BCUT2D eigenvalue weighted by atomic mass is 9.78. The number of hydrogen-bond donors (Lipinski definition) is 0. The van der Waals surface area contributed by atoms with Gasteiger partial charge in [0.25, 0.3) is 0 Å². The van der Waals surface area contributed by atoms with Gasteiger partial charge in [0, 0.05) is 11.5 Å². The SMILES string of the molecule is COc1cc(OCCOC(C)Oc2ccc(C(C)C(C)(C)C)cc2)c2ccccc2c1. The molecule has 0 heterocycles. The summed E-state index contributed by atoms with van der Waals surface area (Å²) in [6, 6.07) is 20.3. The smallest absolute Gasteiger partial charge is 0.197 e. The Hall–Kier alpha value is -2.72. The first-order chi connectivity index (χ1) is 14.8. The molecular formula is C27H34O4. The second-order valence-corrected chi connectivity index (χ2v) is 8.91. The Bertz CT molecular complexity index is 973. The Labute approximate surface area is 186 Å². The van der Waals surface area contributed by atoms with Crippen LogP contribution in [0, 0.1) is 5.41 Å². The van der Waals surface area contributed by atoms with Gasteiger partial charge in [0.05, 0.1) is 13.7 Å². The zero-order chi connectivity index (χ0) is 22.4. The third-order valence-electron chi connectivity index (χ3n) is 5.71. The minimum Gasteiger partial charge on any atom is -0.497 e. The van der Waals surface area contributed by atoms with Crippen LogP contribution in [0.25, 0.3) is 10.8 Å². The van der Waals surface area contributed by atoms with E-state index >= 15 is 0 Å². The second-order valence-electron chi connectivity index (χ2n) is 8.91. The third kappa shape index (κ3) is 6.14. The maximum absolute atomic E-state index is 5.98. The molecule has 3 rings (SSSR count). The highest BCUT2D eigenvalue weighted by atomic mass is 16.7. The molecule has 0 bridgehead atoms. The van der Waals surface area contributed by atoms with E-state index < -0.39 is 0 Å². The summed E-state index contributed by atoms with van der Waals surface area (Å²) in [4.78, 5) is 0. The van der Waals surface area contributed by atoms with Crippen molar-refractivity contribution in [2.75, 3.05) is 20.3 Å². The Balaban J connectivity index is 1.50. The topological polar surface area (TPSA) is 36.9 Å². The Morgan fingerprint density at radius 2 is 1.55 bits per heavy atom. The maximum Gasteiger partial charge on any atom is 0.197 e. The number of methoxy groups -OCH3 is 1. The fourth-order valence-corrected chi connectivity index (χ4v) is 3.41. The van der Waals surface area contributed by atoms with Crippen molar-refractivity contribution in [2.45, 2.75) is 46.8 Å². The quantitative estimate of drug-likeness (QED) is 0.280. The molecule has 0 fully saturated rings. The summed E-state index contributed by atoms with van der Waals surface area (Å²) >= 11 is 0. The molecule has 166 valence electrons. The Morgan fingerprint density at radius 3 is 2.23 bits per heavy atom. The van der Waals surface area contributed by atoms with Crippen molar-refractivity contribution >= 4 is 10.8 Å². The van der Waals surface area contributed by atoms with Gasteiger partial charge in [-0.15, -0.1) is 0 Å². The number of hydrogen-bond acceptors (Lipinski definition) is 4. The molecule has 3 aromatic carbocycles. The molecule has 4 heteroatoms. The molecule has 0 aliphatic heterocycles. The van der Waals surface area contributed by atoms with Gasteiger partial charge in [0.2, 0.25) is 0 Å². The van der Waals surface area contributed by atoms with Crippen LogP contribution in [0.2, 0.25) is 0 Å². The van der Waals surface area contributed by atoms with Gasteiger partial charge in [0.1, 0.15) is 23.9 Å². The largest absolute Gasteiger partial charge is 0.497 e. The molecule has 2 atom stereocenters. The normalized spacial score (nSPS) is 13.6. The molecule has 2 unspecified atom stereocenters. The van der Waals surface area contributed by atoms with E-state index in [1.165, 1.54) is 5.56 Å². The summed E-state index contributed by atoms with van der Waals surface area (Å²) in [6.45, 7) is 11.8. The molecule has 0 spiro atoms. The molecule has 0 N–H and O–H groups in total. The Kier molecular flexibility index (Phi) is 7.45. The number of ether oxygens (including phenoxy) is 4. The van der Waals surface area contributed by atoms with Gasteiger partial charge in [-0.25, -0.2) is 0 Å². The molecule has 31 heavy (non-hydrogen) atoms. The summed E-state index contributed by atoms with van der Waals surface area (Å²) in [6.07, 6.45) is -0.364. The van der Waals surface area contributed by atoms with Crippen LogP contribution < -0.4 is 14.2 Å². The van der Waals surface area contributed by atoms with E-state index in [1.807, 2.05) is 55.5 Å². The fraction of sp³-hybridized carbons (Fsp3) is 0.407. The van der Waals surface area contributed by atoms with E-state index in [-0.39, 0.29) is 11.7 Å². The first-order valence-electron chi connectivity index (χ1n) is 10.9. The number of benzene rings is 3. The molecule has 4 nitrogen and oxygen atoms in total. The van der Waals surface area contributed by atoms with Crippen LogP contribution in [0.3, 0.4) is 0 Å². The molecule has 0 aliphatic carbocycles. The molecular weight excluding hydrogens is 388 g/mol. The van der Waals surface area contributed by atoms with E-state index in [2.05, 4.69) is 39.8 Å².